The zero-order valence-electron chi connectivity index (χ0n) is 18.7. The number of aromatic hydroxyl groups is 1. The summed E-state index contributed by atoms with van der Waals surface area (Å²) in [7, 11) is 1.66. The van der Waals surface area contributed by atoms with Gasteiger partial charge in [0.1, 0.15) is 11.5 Å². The van der Waals surface area contributed by atoms with Gasteiger partial charge >= 0.3 is 0 Å². The third kappa shape index (κ3) is 7.80. The first-order valence-corrected chi connectivity index (χ1v) is 10.5. The van der Waals surface area contributed by atoms with Gasteiger partial charge < -0.3 is 15.2 Å². The number of ether oxygens (including phenoxy) is 1. The van der Waals surface area contributed by atoms with Crippen molar-refractivity contribution in [2.24, 2.45) is 0 Å². The van der Waals surface area contributed by atoms with Crippen molar-refractivity contribution in [2.75, 3.05) is 7.11 Å². The van der Waals surface area contributed by atoms with E-state index in [1.165, 1.54) is 5.57 Å². The van der Waals surface area contributed by atoms with Crippen LogP contribution in [0.3, 0.4) is 0 Å². The van der Waals surface area contributed by atoms with Crippen LogP contribution in [0.5, 0.6) is 11.5 Å². The predicted octanol–water partition coefficient (Wildman–Crippen LogP) is 6.80. The first-order chi connectivity index (χ1) is 15.1. The van der Waals surface area contributed by atoms with E-state index in [2.05, 4.69) is 50.0 Å². The summed E-state index contributed by atoms with van der Waals surface area (Å²) in [4.78, 5) is 0. The van der Waals surface area contributed by atoms with E-state index in [4.69, 9.17) is 4.74 Å². The predicted molar refractivity (Wildman–Crippen MR) is 133 cm³/mol. The van der Waals surface area contributed by atoms with E-state index in [-0.39, 0.29) is 6.04 Å². The lowest BCUT2D eigenvalue weighted by molar-refractivity contribution is 0.415. The SMILES string of the molecule is C=C/C=C\C/C=C(\C)[C@H](C)NCc1c(O)ccc2ccccc12.COc1ccccc1. The topological polar surface area (TPSA) is 41.5 Å². The lowest BCUT2D eigenvalue weighted by Crippen LogP contribution is -2.26. The molecule has 0 heterocycles. The molecule has 0 aliphatic heterocycles. The van der Waals surface area contributed by atoms with Crippen molar-refractivity contribution in [1.29, 1.82) is 0 Å². The van der Waals surface area contributed by atoms with Crippen molar-refractivity contribution in [3.8, 4) is 11.5 Å². The molecule has 3 aromatic rings. The van der Waals surface area contributed by atoms with Gasteiger partial charge in [0.15, 0.2) is 0 Å². The average Bonchev–Trinajstić information content (AvgIpc) is 2.81. The molecule has 1 atom stereocenters. The Morgan fingerprint density at radius 1 is 1.06 bits per heavy atom. The first-order valence-electron chi connectivity index (χ1n) is 10.5. The smallest absolute Gasteiger partial charge is 0.120 e. The molecule has 31 heavy (non-hydrogen) atoms. The van der Waals surface area contributed by atoms with Crippen LogP contribution in [0.15, 0.2) is 103 Å². The zero-order valence-corrected chi connectivity index (χ0v) is 18.7. The molecule has 0 radical (unpaired) electrons. The molecule has 0 saturated heterocycles. The van der Waals surface area contributed by atoms with Gasteiger partial charge in [-0.05, 0) is 49.2 Å². The lowest BCUT2D eigenvalue weighted by Gasteiger charge is -2.16. The molecule has 0 aliphatic carbocycles. The molecule has 0 fully saturated rings. The second-order valence-corrected chi connectivity index (χ2v) is 7.25. The highest BCUT2D eigenvalue weighted by molar-refractivity contribution is 5.87. The van der Waals surface area contributed by atoms with Gasteiger partial charge in [0.25, 0.3) is 0 Å². The summed E-state index contributed by atoms with van der Waals surface area (Å²) in [6.07, 6.45) is 8.94. The highest BCUT2D eigenvalue weighted by Crippen LogP contribution is 2.27. The summed E-state index contributed by atoms with van der Waals surface area (Å²) in [6.45, 7) is 8.58. The van der Waals surface area contributed by atoms with Crippen LogP contribution < -0.4 is 10.1 Å². The highest BCUT2D eigenvalue weighted by atomic mass is 16.5. The van der Waals surface area contributed by atoms with E-state index in [0.717, 1.165) is 28.5 Å². The fourth-order valence-corrected chi connectivity index (χ4v) is 3.09. The van der Waals surface area contributed by atoms with Crippen LogP contribution >= 0.6 is 0 Å². The van der Waals surface area contributed by atoms with Gasteiger partial charge in [-0.1, -0.05) is 85.0 Å². The van der Waals surface area contributed by atoms with E-state index in [1.807, 2.05) is 54.6 Å². The fraction of sp³-hybridized carbons (Fsp3) is 0.214. The molecular weight excluding hydrogens is 382 g/mol. The molecular formula is C28H33NO2. The Balaban J connectivity index is 0.000000357. The van der Waals surface area contributed by atoms with Crippen LogP contribution in [-0.4, -0.2) is 18.3 Å². The Morgan fingerprint density at radius 3 is 2.45 bits per heavy atom. The molecule has 0 saturated carbocycles. The number of phenolic OH excluding ortho intramolecular Hbond substituents is 1. The number of allylic oxidation sites excluding steroid dienone is 4. The Morgan fingerprint density at radius 2 is 1.77 bits per heavy atom. The first kappa shape index (κ1) is 24.0. The summed E-state index contributed by atoms with van der Waals surface area (Å²) < 4.78 is 4.91. The van der Waals surface area contributed by atoms with Gasteiger partial charge in [-0.25, -0.2) is 0 Å². The maximum Gasteiger partial charge on any atom is 0.120 e. The van der Waals surface area contributed by atoms with Crippen LogP contribution in [0, 0.1) is 0 Å². The minimum Gasteiger partial charge on any atom is -0.508 e. The standard InChI is InChI=1S/C21H25NO.C7H8O/c1-4-5-6-7-10-16(2)17(3)22-15-20-19-12-9-8-11-18(19)13-14-21(20)23;1-8-7-5-3-2-4-6-7/h4-6,8-14,17,22-23H,1,7,15H2,2-3H3;2-6H,1H3/b6-5-,16-10+;/t17-;/m0./s1. The van der Waals surface area contributed by atoms with Crippen LogP contribution in [0.25, 0.3) is 10.8 Å². The van der Waals surface area contributed by atoms with Crippen molar-refractivity contribution in [2.45, 2.75) is 32.9 Å². The van der Waals surface area contributed by atoms with Gasteiger partial charge in [-0.3, -0.25) is 0 Å². The van der Waals surface area contributed by atoms with Crippen molar-refractivity contribution in [3.63, 3.8) is 0 Å². The second kappa shape index (κ2) is 13.1. The minimum absolute atomic E-state index is 0.255. The summed E-state index contributed by atoms with van der Waals surface area (Å²) in [5.74, 6) is 1.26. The molecule has 3 nitrogen and oxygen atoms in total. The monoisotopic (exact) mass is 415 g/mol. The largest absolute Gasteiger partial charge is 0.508 e. The number of methoxy groups -OCH3 is 1. The minimum atomic E-state index is 0.255. The number of para-hydroxylation sites is 1. The number of hydrogen-bond donors (Lipinski definition) is 2. The number of phenols is 1. The maximum absolute atomic E-state index is 10.2. The van der Waals surface area contributed by atoms with Crippen molar-refractivity contribution < 1.29 is 9.84 Å². The molecule has 2 N–H and O–H groups in total. The van der Waals surface area contributed by atoms with Crippen LogP contribution in [-0.2, 0) is 6.54 Å². The average molecular weight is 416 g/mol. The Bertz CT molecular complexity index is 1010. The molecule has 0 unspecified atom stereocenters. The zero-order chi connectivity index (χ0) is 22.5. The van der Waals surface area contributed by atoms with E-state index in [1.54, 1.807) is 19.3 Å². The Labute approximate surface area is 186 Å². The van der Waals surface area contributed by atoms with E-state index < -0.39 is 0 Å². The summed E-state index contributed by atoms with van der Waals surface area (Å²) >= 11 is 0. The lowest BCUT2D eigenvalue weighted by atomic mass is 10.0. The molecule has 0 amide bonds. The van der Waals surface area contributed by atoms with Crippen LogP contribution in [0.4, 0.5) is 0 Å². The van der Waals surface area contributed by atoms with E-state index in [9.17, 15) is 5.11 Å². The van der Waals surface area contributed by atoms with Crippen molar-refractivity contribution in [1.82, 2.24) is 5.32 Å². The molecule has 0 spiro atoms. The Kier molecular flexibility index (Phi) is 10.1. The van der Waals surface area contributed by atoms with Crippen molar-refractivity contribution >= 4 is 10.8 Å². The number of nitrogens with one attached hydrogen (secondary N) is 1. The van der Waals surface area contributed by atoms with Gasteiger partial charge in [0.2, 0.25) is 0 Å². The number of fused-ring (bicyclic) bond motifs is 1. The molecule has 3 heteroatoms. The van der Waals surface area contributed by atoms with Crippen LogP contribution in [0.2, 0.25) is 0 Å². The molecule has 0 aromatic heterocycles. The normalized spacial score (nSPS) is 12.3. The molecule has 162 valence electrons. The maximum atomic E-state index is 10.2. The van der Waals surface area contributed by atoms with Crippen molar-refractivity contribution in [3.05, 3.63) is 109 Å². The third-order valence-corrected chi connectivity index (χ3v) is 5.11. The molecule has 0 aliphatic rings. The Hall–Kier alpha value is -3.30. The summed E-state index contributed by atoms with van der Waals surface area (Å²) in [6, 6.07) is 21.8. The second-order valence-electron chi connectivity index (χ2n) is 7.25. The number of hydrogen-bond acceptors (Lipinski definition) is 3. The van der Waals surface area contributed by atoms with E-state index >= 15 is 0 Å². The summed E-state index contributed by atoms with van der Waals surface area (Å²) in [5.41, 5.74) is 2.24. The highest BCUT2D eigenvalue weighted by Gasteiger charge is 2.09. The molecule has 3 rings (SSSR count). The van der Waals surface area contributed by atoms with Gasteiger partial charge in [0.05, 0.1) is 7.11 Å². The number of rotatable bonds is 8. The fourth-order valence-electron chi connectivity index (χ4n) is 3.09. The quantitative estimate of drug-likeness (QED) is 0.314. The van der Waals surface area contributed by atoms with E-state index in [0.29, 0.717) is 12.3 Å². The summed E-state index contributed by atoms with van der Waals surface area (Å²) in [5, 5.41) is 15.9. The molecule has 3 aromatic carbocycles. The molecule has 0 bridgehead atoms. The third-order valence-electron chi connectivity index (χ3n) is 5.11. The van der Waals surface area contributed by atoms with Gasteiger partial charge in [0, 0.05) is 18.2 Å². The van der Waals surface area contributed by atoms with Crippen LogP contribution in [0.1, 0.15) is 25.8 Å². The van der Waals surface area contributed by atoms with Gasteiger partial charge in [-0.2, -0.15) is 0 Å². The number of benzene rings is 3. The van der Waals surface area contributed by atoms with Gasteiger partial charge in [-0.15, -0.1) is 0 Å².